The van der Waals surface area contributed by atoms with Crippen molar-refractivity contribution in [2.75, 3.05) is 18.2 Å². The summed E-state index contributed by atoms with van der Waals surface area (Å²) < 4.78 is 6.37. The fraction of sp³-hybridized carbons (Fsp3) is 0.118. The normalized spacial score (nSPS) is 10.5. The molecule has 0 bridgehead atoms. The average molecular weight is 358 g/mol. The van der Waals surface area contributed by atoms with Crippen molar-refractivity contribution in [3.8, 4) is 0 Å². The number of thiazole rings is 1. The van der Waals surface area contributed by atoms with E-state index in [2.05, 4.69) is 15.0 Å². The number of ether oxygens (including phenoxy) is 1. The number of nitrogens with one attached hydrogen (secondary N) is 1. The summed E-state index contributed by atoms with van der Waals surface area (Å²) in [7, 11) is 1.36. The number of esters is 1. The molecule has 0 aliphatic heterocycles. The molecule has 0 radical (unpaired) electrons. The molecule has 1 amide bonds. The van der Waals surface area contributed by atoms with Gasteiger partial charge in [-0.3, -0.25) is 9.59 Å². The van der Waals surface area contributed by atoms with Crippen LogP contribution < -0.4 is 5.32 Å². The number of benzene rings is 2. The fourth-order valence-corrected chi connectivity index (χ4v) is 3.96. The number of hydrogen-bond acceptors (Lipinski definition) is 6. The highest BCUT2D eigenvalue weighted by Crippen LogP contribution is 2.31. The first kappa shape index (κ1) is 16.5. The molecule has 5 nitrogen and oxygen atoms in total. The molecule has 0 fully saturated rings. The predicted molar refractivity (Wildman–Crippen MR) is 96.8 cm³/mol. The second-order valence-electron chi connectivity index (χ2n) is 4.85. The molecule has 122 valence electrons. The minimum Gasteiger partial charge on any atom is -0.468 e. The van der Waals surface area contributed by atoms with Crippen LogP contribution in [0, 0.1) is 0 Å². The molecule has 0 aliphatic rings. The van der Waals surface area contributed by atoms with E-state index in [-0.39, 0.29) is 17.6 Å². The number of rotatable bonds is 5. The van der Waals surface area contributed by atoms with Crippen molar-refractivity contribution >= 4 is 50.9 Å². The van der Waals surface area contributed by atoms with Crippen molar-refractivity contribution in [1.29, 1.82) is 0 Å². The fourth-order valence-electron chi connectivity index (χ4n) is 2.02. The summed E-state index contributed by atoms with van der Waals surface area (Å²) >= 11 is 2.82. The van der Waals surface area contributed by atoms with E-state index >= 15 is 0 Å². The second-order valence-corrected chi connectivity index (χ2v) is 7.10. The summed E-state index contributed by atoms with van der Waals surface area (Å²) in [5, 5.41) is 2.88. The Morgan fingerprint density at radius 1 is 1.21 bits per heavy atom. The van der Waals surface area contributed by atoms with E-state index in [0.29, 0.717) is 11.3 Å². The lowest BCUT2D eigenvalue weighted by Gasteiger charge is -2.04. The van der Waals surface area contributed by atoms with Crippen molar-refractivity contribution in [1.82, 2.24) is 4.98 Å². The highest BCUT2D eigenvalue weighted by atomic mass is 32.2. The van der Waals surface area contributed by atoms with Gasteiger partial charge in [0.2, 0.25) is 0 Å². The molecule has 0 saturated carbocycles. The van der Waals surface area contributed by atoms with Crippen LogP contribution in [0.1, 0.15) is 10.4 Å². The molecule has 3 rings (SSSR count). The Labute approximate surface area is 147 Å². The standard InChI is InChI=1S/C17H14N2O3S2/c1-22-15(20)10-23-17-19-13-8-7-12(9-14(13)24-17)18-16(21)11-5-3-2-4-6-11/h2-9H,10H2,1H3,(H,18,21). The van der Waals surface area contributed by atoms with E-state index in [4.69, 9.17) is 0 Å². The molecule has 1 aromatic heterocycles. The number of anilines is 1. The maximum absolute atomic E-state index is 12.2. The topological polar surface area (TPSA) is 68.3 Å². The molecule has 1 heterocycles. The van der Waals surface area contributed by atoms with Crippen LogP contribution >= 0.6 is 23.1 Å². The number of nitrogens with zero attached hydrogens (tertiary/aromatic N) is 1. The average Bonchev–Trinajstić information content (AvgIpc) is 3.02. The van der Waals surface area contributed by atoms with Gasteiger partial charge in [0.1, 0.15) is 0 Å². The summed E-state index contributed by atoms with van der Waals surface area (Å²) in [4.78, 5) is 27.8. The van der Waals surface area contributed by atoms with Crippen LogP contribution in [0.5, 0.6) is 0 Å². The molecule has 1 N–H and O–H groups in total. The third-order valence-corrected chi connectivity index (χ3v) is 5.34. The smallest absolute Gasteiger partial charge is 0.316 e. The van der Waals surface area contributed by atoms with Crippen LogP contribution in [0.4, 0.5) is 5.69 Å². The number of thioether (sulfide) groups is 1. The van der Waals surface area contributed by atoms with Crippen molar-refractivity contribution in [3.63, 3.8) is 0 Å². The highest BCUT2D eigenvalue weighted by Gasteiger charge is 2.10. The van der Waals surface area contributed by atoms with Crippen LogP contribution in [-0.2, 0) is 9.53 Å². The Morgan fingerprint density at radius 2 is 2.00 bits per heavy atom. The van der Waals surface area contributed by atoms with Gasteiger partial charge in [-0.1, -0.05) is 30.0 Å². The van der Waals surface area contributed by atoms with Crippen molar-refractivity contribution in [2.24, 2.45) is 0 Å². The van der Waals surface area contributed by atoms with Crippen LogP contribution in [0.3, 0.4) is 0 Å². The monoisotopic (exact) mass is 358 g/mol. The van der Waals surface area contributed by atoms with Gasteiger partial charge in [-0.15, -0.1) is 11.3 Å². The predicted octanol–water partition coefficient (Wildman–Crippen LogP) is 3.81. The zero-order valence-electron chi connectivity index (χ0n) is 12.8. The molecule has 2 aromatic carbocycles. The minimum absolute atomic E-state index is 0.153. The summed E-state index contributed by atoms with van der Waals surface area (Å²) in [6.07, 6.45) is 0. The molecule has 0 atom stereocenters. The highest BCUT2D eigenvalue weighted by molar-refractivity contribution is 8.01. The van der Waals surface area contributed by atoms with Crippen molar-refractivity contribution < 1.29 is 14.3 Å². The Kier molecular flexibility index (Phi) is 5.12. The number of methoxy groups -OCH3 is 1. The molecule has 0 unspecified atom stereocenters. The van der Waals surface area contributed by atoms with Gasteiger partial charge < -0.3 is 10.1 Å². The second kappa shape index (κ2) is 7.46. The van der Waals surface area contributed by atoms with Gasteiger partial charge in [0.05, 0.1) is 23.1 Å². The largest absolute Gasteiger partial charge is 0.468 e. The van der Waals surface area contributed by atoms with Gasteiger partial charge >= 0.3 is 5.97 Å². The lowest BCUT2D eigenvalue weighted by atomic mass is 10.2. The zero-order chi connectivity index (χ0) is 16.9. The van der Waals surface area contributed by atoms with E-state index in [1.165, 1.54) is 30.2 Å². The SMILES string of the molecule is COC(=O)CSc1nc2ccc(NC(=O)c3ccccc3)cc2s1. The molecule has 0 spiro atoms. The number of carbonyl (C=O) groups is 2. The molecule has 3 aromatic rings. The molecular formula is C17H14N2O3S2. The van der Waals surface area contributed by atoms with Gasteiger partial charge in [-0.2, -0.15) is 0 Å². The zero-order valence-corrected chi connectivity index (χ0v) is 14.4. The van der Waals surface area contributed by atoms with E-state index < -0.39 is 0 Å². The van der Waals surface area contributed by atoms with Crippen molar-refractivity contribution in [3.05, 3.63) is 54.1 Å². The number of carbonyl (C=O) groups excluding carboxylic acids is 2. The third-order valence-electron chi connectivity index (χ3n) is 3.20. The van der Waals surface area contributed by atoms with Crippen LogP contribution in [0.15, 0.2) is 52.9 Å². The van der Waals surface area contributed by atoms with E-state index in [1.807, 2.05) is 36.4 Å². The Morgan fingerprint density at radius 3 is 2.75 bits per heavy atom. The van der Waals surface area contributed by atoms with E-state index in [9.17, 15) is 9.59 Å². The first-order chi connectivity index (χ1) is 11.7. The van der Waals surface area contributed by atoms with E-state index in [1.54, 1.807) is 12.1 Å². The Balaban J connectivity index is 1.74. The summed E-state index contributed by atoms with van der Waals surface area (Å²) in [5.74, 6) is -0.205. The van der Waals surface area contributed by atoms with Gasteiger partial charge in [0.25, 0.3) is 5.91 Å². The van der Waals surface area contributed by atoms with Gasteiger partial charge in [0.15, 0.2) is 4.34 Å². The van der Waals surface area contributed by atoms with Crippen LogP contribution in [-0.4, -0.2) is 29.7 Å². The number of fused-ring (bicyclic) bond motifs is 1. The molecule has 24 heavy (non-hydrogen) atoms. The number of hydrogen-bond donors (Lipinski definition) is 1. The minimum atomic E-state index is -0.282. The lowest BCUT2D eigenvalue weighted by molar-refractivity contribution is -0.137. The Hall–Kier alpha value is -2.38. The first-order valence-electron chi connectivity index (χ1n) is 7.12. The van der Waals surface area contributed by atoms with Gasteiger partial charge in [0, 0.05) is 11.3 Å². The first-order valence-corrected chi connectivity index (χ1v) is 8.92. The van der Waals surface area contributed by atoms with E-state index in [0.717, 1.165) is 14.6 Å². The molecule has 7 heteroatoms. The quantitative estimate of drug-likeness (QED) is 0.555. The molecular weight excluding hydrogens is 344 g/mol. The van der Waals surface area contributed by atoms with Gasteiger partial charge in [-0.25, -0.2) is 4.98 Å². The van der Waals surface area contributed by atoms with Crippen LogP contribution in [0.25, 0.3) is 10.2 Å². The maximum atomic E-state index is 12.2. The molecule has 0 saturated heterocycles. The van der Waals surface area contributed by atoms with Gasteiger partial charge in [-0.05, 0) is 30.3 Å². The number of aromatic nitrogens is 1. The van der Waals surface area contributed by atoms with Crippen LogP contribution in [0.2, 0.25) is 0 Å². The lowest BCUT2D eigenvalue weighted by Crippen LogP contribution is -2.11. The summed E-state index contributed by atoms with van der Waals surface area (Å²) in [5.41, 5.74) is 2.16. The third kappa shape index (κ3) is 3.93. The Bertz CT molecular complexity index is 878. The van der Waals surface area contributed by atoms with Crippen molar-refractivity contribution in [2.45, 2.75) is 4.34 Å². The summed E-state index contributed by atoms with van der Waals surface area (Å²) in [6.45, 7) is 0. The number of amides is 1. The summed E-state index contributed by atoms with van der Waals surface area (Å²) in [6, 6.07) is 14.6. The maximum Gasteiger partial charge on any atom is 0.316 e. The molecule has 0 aliphatic carbocycles.